The van der Waals surface area contributed by atoms with Crippen molar-refractivity contribution in [3.05, 3.63) is 34.2 Å². The third-order valence-electron chi connectivity index (χ3n) is 1.22. The van der Waals surface area contributed by atoms with Gasteiger partial charge in [0, 0.05) is 6.20 Å². The van der Waals surface area contributed by atoms with Crippen molar-refractivity contribution in [1.29, 1.82) is 0 Å². The highest BCUT2D eigenvalue weighted by atomic mass is 127. The Labute approximate surface area is 74.3 Å². The van der Waals surface area contributed by atoms with E-state index < -0.39 is 0 Å². The van der Waals surface area contributed by atoms with Gasteiger partial charge in [0.15, 0.2) is 0 Å². The minimum Gasteiger partial charge on any atom is -0.250 e. The molecule has 0 spiro atoms. The largest absolute Gasteiger partial charge is 0.250 e. The SMILES string of the molecule is C=C(C)c1ccc(I)nc1. The highest BCUT2D eigenvalue weighted by Gasteiger charge is 1.91. The van der Waals surface area contributed by atoms with E-state index >= 15 is 0 Å². The summed E-state index contributed by atoms with van der Waals surface area (Å²) in [4.78, 5) is 4.13. The first kappa shape index (κ1) is 7.72. The summed E-state index contributed by atoms with van der Waals surface area (Å²) in [5, 5.41) is 0. The Kier molecular flexibility index (Phi) is 2.43. The molecule has 0 aliphatic carbocycles. The summed E-state index contributed by atoms with van der Waals surface area (Å²) < 4.78 is 1.02. The molecule has 2 heteroatoms. The van der Waals surface area contributed by atoms with Crippen LogP contribution in [0.3, 0.4) is 0 Å². The van der Waals surface area contributed by atoms with Crippen molar-refractivity contribution in [2.45, 2.75) is 6.92 Å². The van der Waals surface area contributed by atoms with Gasteiger partial charge in [-0.05, 0) is 46.7 Å². The number of aromatic nitrogens is 1. The molecule has 0 atom stereocenters. The molecule has 10 heavy (non-hydrogen) atoms. The van der Waals surface area contributed by atoms with Crippen molar-refractivity contribution >= 4 is 28.2 Å². The zero-order chi connectivity index (χ0) is 7.56. The maximum absolute atomic E-state index is 4.13. The smallest absolute Gasteiger partial charge is 0.101 e. The standard InChI is InChI=1S/C8H8IN/c1-6(2)7-3-4-8(9)10-5-7/h3-5H,1H2,2H3. The first-order valence-electron chi connectivity index (χ1n) is 2.97. The Morgan fingerprint density at radius 3 is 2.70 bits per heavy atom. The molecule has 0 amide bonds. The van der Waals surface area contributed by atoms with Crippen molar-refractivity contribution in [1.82, 2.24) is 4.98 Å². The highest BCUT2D eigenvalue weighted by Crippen LogP contribution is 2.10. The summed E-state index contributed by atoms with van der Waals surface area (Å²) in [6, 6.07) is 4.00. The zero-order valence-electron chi connectivity index (χ0n) is 5.76. The molecular weight excluding hydrogens is 237 g/mol. The monoisotopic (exact) mass is 245 g/mol. The molecule has 1 nitrogen and oxygen atoms in total. The van der Waals surface area contributed by atoms with Gasteiger partial charge in [0.25, 0.3) is 0 Å². The van der Waals surface area contributed by atoms with Gasteiger partial charge in [-0.15, -0.1) is 0 Å². The van der Waals surface area contributed by atoms with Crippen LogP contribution in [0.5, 0.6) is 0 Å². The summed E-state index contributed by atoms with van der Waals surface area (Å²) in [6.07, 6.45) is 1.84. The van der Waals surface area contributed by atoms with Gasteiger partial charge in [0.1, 0.15) is 3.70 Å². The van der Waals surface area contributed by atoms with Gasteiger partial charge in [-0.2, -0.15) is 0 Å². The molecule has 0 saturated heterocycles. The topological polar surface area (TPSA) is 12.9 Å². The van der Waals surface area contributed by atoms with E-state index in [1.54, 1.807) is 0 Å². The van der Waals surface area contributed by atoms with Crippen LogP contribution in [0.25, 0.3) is 5.57 Å². The molecule has 0 bridgehead atoms. The predicted molar refractivity (Wildman–Crippen MR) is 51.7 cm³/mol. The van der Waals surface area contributed by atoms with Gasteiger partial charge >= 0.3 is 0 Å². The van der Waals surface area contributed by atoms with Crippen LogP contribution in [0.1, 0.15) is 12.5 Å². The minimum absolute atomic E-state index is 1.02. The molecule has 0 N–H and O–H groups in total. The number of allylic oxidation sites excluding steroid dienone is 1. The first-order chi connectivity index (χ1) is 4.70. The van der Waals surface area contributed by atoms with E-state index in [9.17, 15) is 0 Å². The van der Waals surface area contributed by atoms with Gasteiger partial charge < -0.3 is 0 Å². The fraction of sp³-hybridized carbons (Fsp3) is 0.125. The number of hydrogen-bond donors (Lipinski definition) is 0. The second-order valence-corrected chi connectivity index (χ2v) is 3.26. The minimum atomic E-state index is 1.02. The van der Waals surface area contributed by atoms with Gasteiger partial charge in [0.2, 0.25) is 0 Å². The fourth-order valence-corrected chi connectivity index (χ4v) is 0.947. The predicted octanol–water partition coefficient (Wildman–Crippen LogP) is 2.72. The van der Waals surface area contributed by atoms with Crippen LogP contribution < -0.4 is 0 Å². The van der Waals surface area contributed by atoms with E-state index in [0.29, 0.717) is 0 Å². The molecule has 1 rings (SSSR count). The molecule has 0 unspecified atom stereocenters. The van der Waals surface area contributed by atoms with Crippen LogP contribution in [0.4, 0.5) is 0 Å². The van der Waals surface area contributed by atoms with E-state index in [2.05, 4.69) is 34.2 Å². The number of pyridine rings is 1. The summed E-state index contributed by atoms with van der Waals surface area (Å²) in [5.74, 6) is 0. The molecular formula is C8H8IN. The molecule has 52 valence electrons. The lowest BCUT2D eigenvalue weighted by Crippen LogP contribution is -1.82. The molecule has 1 heterocycles. The molecule has 1 aromatic heterocycles. The van der Waals surface area contributed by atoms with Crippen molar-refractivity contribution in [2.75, 3.05) is 0 Å². The third kappa shape index (κ3) is 1.80. The number of nitrogens with zero attached hydrogens (tertiary/aromatic N) is 1. The quantitative estimate of drug-likeness (QED) is 0.547. The maximum atomic E-state index is 4.13. The normalized spacial score (nSPS) is 9.40. The molecule has 0 aromatic carbocycles. The fourth-order valence-electron chi connectivity index (χ4n) is 0.628. The van der Waals surface area contributed by atoms with E-state index in [0.717, 1.165) is 14.8 Å². The summed E-state index contributed by atoms with van der Waals surface area (Å²) in [6.45, 7) is 5.79. The van der Waals surface area contributed by atoms with Crippen LogP contribution >= 0.6 is 22.6 Å². The van der Waals surface area contributed by atoms with Gasteiger partial charge in [-0.25, -0.2) is 4.98 Å². The Balaban J connectivity index is 3.00. The molecule has 0 radical (unpaired) electrons. The van der Waals surface area contributed by atoms with Crippen LogP contribution in [-0.4, -0.2) is 4.98 Å². The lowest BCUT2D eigenvalue weighted by atomic mass is 10.2. The van der Waals surface area contributed by atoms with E-state index in [1.807, 2.05) is 25.3 Å². The lowest BCUT2D eigenvalue weighted by Gasteiger charge is -1.96. The van der Waals surface area contributed by atoms with Gasteiger partial charge in [0.05, 0.1) is 0 Å². The average Bonchev–Trinajstić information content (AvgIpc) is 1.88. The van der Waals surface area contributed by atoms with E-state index in [4.69, 9.17) is 0 Å². The molecule has 0 aliphatic heterocycles. The van der Waals surface area contributed by atoms with Crippen LogP contribution in [-0.2, 0) is 0 Å². The van der Waals surface area contributed by atoms with Crippen molar-refractivity contribution < 1.29 is 0 Å². The lowest BCUT2D eigenvalue weighted by molar-refractivity contribution is 1.25. The summed E-state index contributed by atoms with van der Waals surface area (Å²) >= 11 is 2.18. The average molecular weight is 245 g/mol. The van der Waals surface area contributed by atoms with Gasteiger partial charge in [-0.3, -0.25) is 0 Å². The van der Waals surface area contributed by atoms with E-state index in [1.165, 1.54) is 0 Å². The molecule has 1 aromatic rings. The van der Waals surface area contributed by atoms with Crippen molar-refractivity contribution in [2.24, 2.45) is 0 Å². The Hall–Kier alpha value is -0.380. The highest BCUT2D eigenvalue weighted by molar-refractivity contribution is 14.1. The summed E-state index contributed by atoms with van der Waals surface area (Å²) in [5.41, 5.74) is 2.17. The van der Waals surface area contributed by atoms with Gasteiger partial charge in [-0.1, -0.05) is 12.6 Å². The summed E-state index contributed by atoms with van der Waals surface area (Å²) in [7, 11) is 0. The van der Waals surface area contributed by atoms with Crippen molar-refractivity contribution in [3.63, 3.8) is 0 Å². The second-order valence-electron chi connectivity index (χ2n) is 2.15. The van der Waals surface area contributed by atoms with E-state index in [-0.39, 0.29) is 0 Å². The van der Waals surface area contributed by atoms with Crippen LogP contribution in [0.2, 0.25) is 0 Å². The molecule has 0 fully saturated rings. The second kappa shape index (κ2) is 3.14. The van der Waals surface area contributed by atoms with Crippen LogP contribution in [0.15, 0.2) is 24.9 Å². The Morgan fingerprint density at radius 2 is 2.30 bits per heavy atom. The number of halogens is 1. The maximum Gasteiger partial charge on any atom is 0.101 e. The van der Waals surface area contributed by atoms with Crippen molar-refractivity contribution in [3.8, 4) is 0 Å². The Morgan fingerprint density at radius 1 is 1.60 bits per heavy atom. The number of hydrogen-bond acceptors (Lipinski definition) is 1. The van der Waals surface area contributed by atoms with Crippen LogP contribution in [0, 0.1) is 3.70 Å². The zero-order valence-corrected chi connectivity index (χ0v) is 7.92. The molecule has 0 saturated carbocycles. The number of rotatable bonds is 1. The Bertz CT molecular complexity index is 238. The first-order valence-corrected chi connectivity index (χ1v) is 4.05. The molecule has 0 aliphatic rings. The third-order valence-corrected chi connectivity index (χ3v) is 1.86.